The van der Waals surface area contributed by atoms with Crippen LogP contribution in [0.3, 0.4) is 0 Å². The first-order valence-corrected chi connectivity index (χ1v) is 8.55. The number of benzene rings is 1. The highest BCUT2D eigenvalue weighted by molar-refractivity contribution is 5.59. The van der Waals surface area contributed by atoms with Crippen LogP contribution in [0.5, 0.6) is 0 Å². The average Bonchev–Trinajstić information content (AvgIpc) is 2.63. The predicted octanol–water partition coefficient (Wildman–Crippen LogP) is 1.75. The largest absolute Gasteiger partial charge is 0.366 e. The number of rotatable bonds is 5. The zero-order valence-corrected chi connectivity index (χ0v) is 14.8. The molecule has 0 unspecified atom stereocenters. The number of nitrogens with zero attached hydrogens (tertiary/aromatic N) is 4. The summed E-state index contributed by atoms with van der Waals surface area (Å²) in [6.07, 6.45) is 1.57. The summed E-state index contributed by atoms with van der Waals surface area (Å²) in [5.74, 6) is 1.46. The molecule has 25 heavy (non-hydrogen) atoms. The number of hydrogen-bond donors (Lipinski definition) is 2. The summed E-state index contributed by atoms with van der Waals surface area (Å²) >= 11 is 0. The van der Waals surface area contributed by atoms with E-state index in [0.717, 1.165) is 48.9 Å². The fourth-order valence-corrected chi connectivity index (χ4v) is 3.04. The van der Waals surface area contributed by atoms with Crippen molar-refractivity contribution >= 4 is 11.6 Å². The van der Waals surface area contributed by atoms with Crippen molar-refractivity contribution in [2.75, 3.05) is 43.4 Å². The van der Waals surface area contributed by atoms with Crippen LogP contribution in [0.25, 0.3) is 0 Å². The van der Waals surface area contributed by atoms with Crippen LogP contribution in [0.1, 0.15) is 16.7 Å². The molecule has 3 N–H and O–H groups in total. The topological polar surface area (TPSA) is 70.3 Å². The smallest absolute Gasteiger partial charge is 0.138 e. The third-order valence-electron chi connectivity index (χ3n) is 4.61. The molecule has 1 saturated heterocycles. The van der Waals surface area contributed by atoms with E-state index in [-0.39, 0.29) is 5.82 Å². The Labute approximate surface area is 147 Å². The van der Waals surface area contributed by atoms with Crippen LogP contribution in [-0.4, -0.2) is 48.1 Å². The Kier molecular flexibility index (Phi) is 5.45. The summed E-state index contributed by atoms with van der Waals surface area (Å²) in [4.78, 5) is 13.4. The Balaban J connectivity index is 1.77. The molecular formula is C18H25FN6. The Bertz CT molecular complexity index is 728. The number of aryl methyl sites for hydroxylation is 1. The highest BCUT2D eigenvalue weighted by Gasteiger charge is 2.20. The van der Waals surface area contributed by atoms with E-state index in [1.807, 2.05) is 6.07 Å². The number of nitrogens with two attached hydrogens (primary N) is 1. The number of anilines is 2. The van der Waals surface area contributed by atoms with Crippen molar-refractivity contribution in [3.05, 3.63) is 47.0 Å². The van der Waals surface area contributed by atoms with Crippen molar-refractivity contribution in [1.82, 2.24) is 14.9 Å². The van der Waals surface area contributed by atoms with Crippen LogP contribution < -0.4 is 16.0 Å². The number of hydrogen-bond acceptors (Lipinski definition) is 6. The molecule has 0 spiro atoms. The van der Waals surface area contributed by atoms with Crippen molar-refractivity contribution < 1.29 is 4.39 Å². The maximum atomic E-state index is 13.4. The van der Waals surface area contributed by atoms with Crippen molar-refractivity contribution in [1.29, 1.82) is 0 Å². The zero-order chi connectivity index (χ0) is 17.8. The van der Waals surface area contributed by atoms with E-state index in [9.17, 15) is 4.39 Å². The van der Waals surface area contributed by atoms with Gasteiger partial charge in [-0.3, -0.25) is 0 Å². The van der Waals surface area contributed by atoms with Crippen molar-refractivity contribution in [3.63, 3.8) is 0 Å². The molecule has 1 aromatic heterocycles. The summed E-state index contributed by atoms with van der Waals surface area (Å²) in [5, 5.41) is 3.32. The highest BCUT2D eigenvalue weighted by Crippen LogP contribution is 2.24. The molecule has 0 saturated carbocycles. The van der Waals surface area contributed by atoms with E-state index >= 15 is 0 Å². The molecule has 1 fully saturated rings. The molecule has 2 heterocycles. The van der Waals surface area contributed by atoms with Crippen molar-refractivity contribution in [2.24, 2.45) is 5.73 Å². The van der Waals surface area contributed by atoms with Gasteiger partial charge < -0.3 is 20.9 Å². The molecule has 0 bridgehead atoms. The van der Waals surface area contributed by atoms with Crippen molar-refractivity contribution in [2.45, 2.75) is 20.0 Å². The lowest BCUT2D eigenvalue weighted by atomic mass is 10.1. The molecule has 0 aliphatic carbocycles. The van der Waals surface area contributed by atoms with Gasteiger partial charge in [0.15, 0.2) is 0 Å². The average molecular weight is 344 g/mol. The third-order valence-corrected chi connectivity index (χ3v) is 4.61. The second-order valence-electron chi connectivity index (χ2n) is 6.46. The van der Waals surface area contributed by atoms with Gasteiger partial charge in [0.2, 0.25) is 0 Å². The minimum Gasteiger partial charge on any atom is -0.366 e. The van der Waals surface area contributed by atoms with E-state index in [1.54, 1.807) is 19.3 Å². The molecule has 7 heteroatoms. The maximum Gasteiger partial charge on any atom is 0.138 e. The monoisotopic (exact) mass is 344 g/mol. The maximum absolute atomic E-state index is 13.4. The second kappa shape index (κ2) is 7.76. The van der Waals surface area contributed by atoms with Gasteiger partial charge in [-0.25, -0.2) is 14.4 Å². The molecule has 134 valence electrons. The van der Waals surface area contributed by atoms with Crippen molar-refractivity contribution in [3.8, 4) is 0 Å². The van der Waals surface area contributed by atoms with Gasteiger partial charge in [-0.2, -0.15) is 0 Å². The zero-order valence-electron chi connectivity index (χ0n) is 14.8. The molecule has 0 radical (unpaired) electrons. The Morgan fingerprint density at radius 3 is 2.64 bits per heavy atom. The molecule has 1 aromatic carbocycles. The first-order chi connectivity index (χ1) is 12.1. The third kappa shape index (κ3) is 4.05. The quantitative estimate of drug-likeness (QED) is 0.861. The first kappa shape index (κ1) is 17.6. The van der Waals surface area contributed by atoms with E-state index in [1.165, 1.54) is 6.07 Å². The fourth-order valence-electron chi connectivity index (χ4n) is 3.04. The molecule has 6 nitrogen and oxygen atoms in total. The lowest BCUT2D eigenvalue weighted by Gasteiger charge is -2.34. The molecule has 2 aromatic rings. The minimum absolute atomic E-state index is 0.189. The molecule has 1 aliphatic rings. The number of nitrogens with one attached hydrogen (secondary N) is 1. The van der Waals surface area contributed by atoms with Gasteiger partial charge in [0.05, 0.1) is 5.56 Å². The van der Waals surface area contributed by atoms with Gasteiger partial charge in [0, 0.05) is 39.3 Å². The van der Waals surface area contributed by atoms with Gasteiger partial charge >= 0.3 is 0 Å². The van der Waals surface area contributed by atoms with Gasteiger partial charge in [-0.1, -0.05) is 12.1 Å². The Morgan fingerprint density at radius 2 is 1.96 bits per heavy atom. The van der Waals surface area contributed by atoms with E-state index in [0.29, 0.717) is 18.7 Å². The van der Waals surface area contributed by atoms with Gasteiger partial charge in [0.25, 0.3) is 0 Å². The standard InChI is InChI=1S/C18H25FN6/c1-13-9-14(3-4-16(13)19)11-21-17-15(10-20)18(23-12-22-17)25-7-5-24(2)6-8-25/h3-4,9,12H,5-8,10-11,20H2,1-2H3,(H,21,22,23). The molecule has 0 amide bonds. The summed E-state index contributed by atoms with van der Waals surface area (Å²) in [5.41, 5.74) is 8.55. The predicted molar refractivity (Wildman–Crippen MR) is 98.1 cm³/mol. The first-order valence-electron chi connectivity index (χ1n) is 8.55. The molecular weight excluding hydrogens is 319 g/mol. The number of aromatic nitrogens is 2. The van der Waals surface area contributed by atoms with Crippen LogP contribution in [0.4, 0.5) is 16.0 Å². The lowest BCUT2D eigenvalue weighted by molar-refractivity contribution is 0.312. The van der Waals surface area contributed by atoms with E-state index < -0.39 is 0 Å². The van der Waals surface area contributed by atoms with Crippen LogP contribution in [0.15, 0.2) is 24.5 Å². The van der Waals surface area contributed by atoms with Crippen LogP contribution >= 0.6 is 0 Å². The summed E-state index contributed by atoms with van der Waals surface area (Å²) in [7, 11) is 2.12. The number of halogens is 1. The Hall–Kier alpha value is -2.25. The Morgan fingerprint density at radius 1 is 1.20 bits per heavy atom. The van der Waals surface area contributed by atoms with E-state index in [2.05, 4.69) is 32.1 Å². The van der Waals surface area contributed by atoms with E-state index in [4.69, 9.17) is 5.73 Å². The van der Waals surface area contributed by atoms with Gasteiger partial charge in [0.1, 0.15) is 23.8 Å². The van der Waals surface area contributed by atoms with Crippen LogP contribution in [0.2, 0.25) is 0 Å². The van der Waals surface area contributed by atoms with Gasteiger partial charge in [-0.15, -0.1) is 0 Å². The molecule has 3 rings (SSSR count). The van der Waals surface area contributed by atoms with Crippen LogP contribution in [-0.2, 0) is 13.1 Å². The molecule has 0 atom stereocenters. The summed E-state index contributed by atoms with van der Waals surface area (Å²) < 4.78 is 13.4. The SMILES string of the molecule is Cc1cc(CNc2ncnc(N3CCN(C)CC3)c2CN)ccc1F. The lowest BCUT2D eigenvalue weighted by Crippen LogP contribution is -2.45. The highest BCUT2D eigenvalue weighted by atomic mass is 19.1. The molecule has 1 aliphatic heterocycles. The number of likely N-dealkylation sites (N-methyl/N-ethyl adjacent to an activating group) is 1. The minimum atomic E-state index is -0.189. The summed E-state index contributed by atoms with van der Waals surface area (Å²) in [6.45, 7) is 6.56. The second-order valence-corrected chi connectivity index (χ2v) is 6.46. The fraction of sp³-hybridized carbons (Fsp3) is 0.444. The van der Waals surface area contributed by atoms with Gasteiger partial charge in [-0.05, 0) is 31.2 Å². The summed E-state index contributed by atoms with van der Waals surface area (Å²) in [6, 6.07) is 5.11. The van der Waals surface area contributed by atoms with Crippen LogP contribution in [0, 0.1) is 12.7 Å². The number of piperazine rings is 1. The normalized spacial score (nSPS) is 15.4.